The average molecular weight is 860 g/mol. The first kappa shape index (κ1) is 35.7. The predicted molar refractivity (Wildman–Crippen MR) is 173 cm³/mol. The fraction of sp³-hybridized carbons (Fsp3) is 0.259. The van der Waals surface area contributed by atoms with E-state index in [2.05, 4.69) is 125 Å². The molecule has 0 aliphatic rings. The number of benzene rings is 2. The van der Waals surface area contributed by atoms with Crippen molar-refractivity contribution in [2.45, 2.75) is 35.1 Å². The van der Waals surface area contributed by atoms with Crippen LogP contribution in [0, 0.1) is 27.7 Å². The summed E-state index contributed by atoms with van der Waals surface area (Å²) in [5.41, 5.74) is 6.68. The van der Waals surface area contributed by atoms with Gasteiger partial charge in [0.1, 0.15) is 0 Å². The van der Waals surface area contributed by atoms with E-state index in [9.17, 15) is 0 Å². The molecule has 0 saturated carbocycles. The molecule has 37 heavy (non-hydrogen) atoms. The maximum atomic E-state index is 5.42. The molecule has 1 N–H and O–H groups in total. The Hall–Kier alpha value is -1.32. The third-order valence-corrected chi connectivity index (χ3v) is 4.79. The van der Waals surface area contributed by atoms with Crippen LogP contribution < -0.4 is 23.5 Å². The molecule has 0 bridgehead atoms. The molecule has 0 spiro atoms. The van der Waals surface area contributed by atoms with Gasteiger partial charge in [0.25, 0.3) is 0 Å². The van der Waals surface area contributed by atoms with Gasteiger partial charge in [-0.05, 0) is 75.7 Å². The summed E-state index contributed by atoms with van der Waals surface area (Å²) >= 11 is 10.7. The molecule has 4 aromatic rings. The molecule has 0 aliphatic heterocycles. The van der Waals surface area contributed by atoms with Gasteiger partial charge >= 0.3 is 50.5 Å². The number of aryl methyl sites for hydroxylation is 4. The molecule has 6 nitrogen and oxygen atoms in total. The Morgan fingerprint density at radius 1 is 0.757 bits per heavy atom. The van der Waals surface area contributed by atoms with Crippen molar-refractivity contribution in [1.82, 2.24) is 19.9 Å². The molecule has 10 heteroatoms. The van der Waals surface area contributed by atoms with Gasteiger partial charge in [-0.15, -0.1) is 0 Å². The van der Waals surface area contributed by atoms with E-state index in [0.717, 1.165) is 23.0 Å². The van der Waals surface area contributed by atoms with E-state index < -0.39 is 0 Å². The Bertz CT molecular complexity index is 1130. The van der Waals surface area contributed by atoms with Gasteiger partial charge in [0.05, 0.1) is 0 Å². The van der Waals surface area contributed by atoms with Crippen molar-refractivity contribution < 1.29 is 13.3 Å². The van der Waals surface area contributed by atoms with Gasteiger partial charge in [-0.2, -0.15) is 0 Å². The van der Waals surface area contributed by atoms with Gasteiger partial charge in [-0.3, -0.25) is 0 Å². The Morgan fingerprint density at radius 2 is 1.22 bits per heavy atom. The standard InChI is InChI=1S/C13H15N3.C8H11N.C5H5ClN2.CH4.I3/c1-10-4-6-12(7-5-10)16(3)13-14-9-8-11(2)15-13;1-7-3-5-8(9-2)6-4-7;1-4-2-3-7-5(6)8-4;;1-3-2/h4-9H,1-3H3;3-6,9H,1-2H3;2-3H,1H3;1H4;/q;;;;-1. The van der Waals surface area contributed by atoms with Crippen molar-refractivity contribution in [2.75, 3.05) is 24.3 Å². The zero-order valence-electron chi connectivity index (χ0n) is 21.2. The van der Waals surface area contributed by atoms with Crippen LogP contribution in [0.4, 0.5) is 17.3 Å². The summed E-state index contributed by atoms with van der Waals surface area (Å²) in [6, 6.07) is 20.3. The third-order valence-electron chi connectivity index (χ3n) is 4.61. The molecular formula is C27H35ClI3N6-. The number of nitrogens with zero attached hydrogens (tertiary/aromatic N) is 5. The molecule has 0 radical (unpaired) electrons. The Morgan fingerprint density at radius 3 is 1.62 bits per heavy atom. The van der Waals surface area contributed by atoms with Crippen molar-refractivity contribution in [1.29, 1.82) is 0 Å². The van der Waals surface area contributed by atoms with Crippen LogP contribution >= 0.6 is 48.8 Å². The average Bonchev–Trinajstić information content (AvgIpc) is 2.86. The monoisotopic (exact) mass is 859 g/mol. The maximum absolute atomic E-state index is 5.42. The Balaban J connectivity index is 0.000000528. The van der Waals surface area contributed by atoms with Crippen molar-refractivity contribution in [3.63, 3.8) is 0 Å². The molecule has 2 aromatic carbocycles. The van der Waals surface area contributed by atoms with E-state index in [-0.39, 0.29) is 7.43 Å². The summed E-state index contributed by atoms with van der Waals surface area (Å²) in [6.45, 7) is 7.99. The number of hydrogen-bond acceptors (Lipinski definition) is 6. The van der Waals surface area contributed by atoms with E-state index in [0.29, 0.717) is 18.5 Å². The van der Waals surface area contributed by atoms with Crippen LogP contribution in [0.25, 0.3) is 0 Å². The minimum atomic E-state index is 0. The topological polar surface area (TPSA) is 66.8 Å². The van der Waals surface area contributed by atoms with Gasteiger partial charge in [-0.1, -0.05) is 42.8 Å². The first-order valence-corrected chi connectivity index (χ1v) is 23.8. The molecule has 0 aliphatic carbocycles. The van der Waals surface area contributed by atoms with E-state index in [1.807, 2.05) is 38.9 Å². The van der Waals surface area contributed by atoms with Crippen molar-refractivity contribution in [2.24, 2.45) is 0 Å². The number of hydrogen-bond donors (Lipinski definition) is 1. The summed E-state index contributed by atoms with van der Waals surface area (Å²) in [5, 5.41) is 3.36. The second-order valence-corrected chi connectivity index (χ2v) is 24.1. The molecule has 0 unspecified atom stereocenters. The van der Waals surface area contributed by atoms with E-state index in [1.165, 1.54) is 16.8 Å². The minimum absolute atomic E-state index is 0. The van der Waals surface area contributed by atoms with Gasteiger partial charge < -0.3 is 10.2 Å². The van der Waals surface area contributed by atoms with Crippen LogP contribution in [0.3, 0.4) is 0 Å². The first-order chi connectivity index (χ1) is 17.2. The van der Waals surface area contributed by atoms with Gasteiger partial charge in [0.15, 0.2) is 0 Å². The second kappa shape index (κ2) is 20.6. The number of halogens is 4. The molecule has 4 rings (SSSR count). The van der Waals surface area contributed by atoms with Gasteiger partial charge in [0.2, 0.25) is 11.2 Å². The molecule has 0 fully saturated rings. The van der Waals surface area contributed by atoms with Crippen molar-refractivity contribution in [3.8, 4) is 0 Å². The number of nitrogens with one attached hydrogen (secondary N) is 1. The SMILES string of the molecule is C.CNc1ccc(C)cc1.Cc1ccc(N(C)c2nccc(C)n2)cc1.Cc1ccnc(Cl)n1.I[I-]I. The summed E-state index contributed by atoms with van der Waals surface area (Å²) in [7, 11) is 3.89. The van der Waals surface area contributed by atoms with Crippen LogP contribution in [0.2, 0.25) is 5.28 Å². The van der Waals surface area contributed by atoms with Gasteiger partial charge in [0, 0.05) is 49.3 Å². The molecule has 2 heterocycles. The Kier molecular flexibility index (Phi) is 19.9. The fourth-order valence-corrected chi connectivity index (χ4v) is 2.81. The molecule has 202 valence electrons. The Labute approximate surface area is 257 Å². The predicted octanol–water partition coefficient (Wildman–Crippen LogP) is 5.75. The van der Waals surface area contributed by atoms with Crippen LogP contribution in [0.5, 0.6) is 0 Å². The van der Waals surface area contributed by atoms with E-state index in [4.69, 9.17) is 11.6 Å². The van der Waals surface area contributed by atoms with Crippen LogP contribution in [-0.4, -0.2) is 34.0 Å². The zero-order chi connectivity index (χ0) is 26.9. The number of aromatic nitrogens is 4. The number of anilines is 3. The molecule has 0 amide bonds. The van der Waals surface area contributed by atoms with Crippen molar-refractivity contribution in [3.05, 3.63) is 101 Å². The summed E-state index contributed by atoms with van der Waals surface area (Å²) in [5.74, 6) is 0.726. The van der Waals surface area contributed by atoms with Crippen LogP contribution in [-0.2, 0) is 0 Å². The van der Waals surface area contributed by atoms with Crippen LogP contribution in [0.1, 0.15) is 29.9 Å². The van der Waals surface area contributed by atoms with Gasteiger partial charge in [-0.25, -0.2) is 19.9 Å². The summed E-state index contributed by atoms with van der Waals surface area (Å²) in [6.07, 6.45) is 3.41. The number of rotatable bonds is 3. The zero-order valence-corrected chi connectivity index (χ0v) is 28.4. The summed E-state index contributed by atoms with van der Waals surface area (Å²) < 4.78 is 0. The van der Waals surface area contributed by atoms with E-state index in [1.54, 1.807) is 18.5 Å². The second-order valence-electron chi connectivity index (χ2n) is 7.53. The molecule has 2 aromatic heterocycles. The molecule has 0 atom stereocenters. The van der Waals surface area contributed by atoms with Crippen LogP contribution in [0.15, 0.2) is 73.1 Å². The molecule has 0 saturated heterocycles. The fourth-order valence-electron chi connectivity index (χ4n) is 2.62. The third kappa shape index (κ3) is 15.6. The normalized spacial score (nSPS) is 9.22. The van der Waals surface area contributed by atoms with Crippen molar-refractivity contribution >= 4 is 66.2 Å². The molecular weight excluding hydrogens is 825 g/mol. The quantitative estimate of drug-likeness (QED) is 0.210. The first-order valence-electron chi connectivity index (χ1n) is 10.9. The van der Waals surface area contributed by atoms with E-state index >= 15 is 0 Å². The summed E-state index contributed by atoms with van der Waals surface area (Å²) in [4.78, 5) is 18.1.